The number of nitrogens with zero attached hydrogens (tertiary/aromatic N) is 1. The van der Waals surface area contributed by atoms with Crippen molar-refractivity contribution in [2.24, 2.45) is 0 Å². The number of rotatable bonds is 9. The first-order chi connectivity index (χ1) is 9.88. The molecule has 1 unspecified atom stereocenters. The molecule has 122 valence electrons. The Morgan fingerprint density at radius 3 is 2.67 bits per heavy atom. The Balaban J connectivity index is 3.08. The maximum atomic E-state index is 12.7. The first-order valence-electron chi connectivity index (χ1n) is 6.88. The van der Waals surface area contributed by atoms with Crippen LogP contribution in [-0.2, 0) is 21.3 Å². The van der Waals surface area contributed by atoms with Crippen molar-refractivity contribution in [1.82, 2.24) is 9.62 Å². The van der Waals surface area contributed by atoms with Crippen molar-refractivity contribution in [3.05, 3.63) is 16.5 Å². The summed E-state index contributed by atoms with van der Waals surface area (Å²) in [6, 6.07) is 1.31. The van der Waals surface area contributed by atoms with Crippen LogP contribution in [0.25, 0.3) is 0 Å². The molecule has 0 fully saturated rings. The molecule has 1 rings (SSSR count). The zero-order chi connectivity index (χ0) is 16.0. The minimum atomic E-state index is -3.62. The quantitative estimate of drug-likeness (QED) is 0.708. The predicted octanol–water partition coefficient (Wildman–Crippen LogP) is 2.20. The third kappa shape index (κ3) is 4.53. The Kier molecular flexibility index (Phi) is 7.35. The number of furan rings is 1. The van der Waals surface area contributed by atoms with Gasteiger partial charge in [0.05, 0.1) is 13.2 Å². The topological polar surface area (TPSA) is 71.8 Å². The Labute approximate surface area is 135 Å². The lowest BCUT2D eigenvalue weighted by atomic mass is 10.4. The number of nitrogens with one attached hydrogen (secondary N) is 1. The third-order valence-corrected chi connectivity index (χ3v) is 6.00. The summed E-state index contributed by atoms with van der Waals surface area (Å²) < 4.78 is 37.6. The molecule has 0 aliphatic heterocycles. The van der Waals surface area contributed by atoms with E-state index in [1.807, 2.05) is 13.8 Å². The Bertz CT molecular complexity index is 544. The van der Waals surface area contributed by atoms with Crippen LogP contribution in [0.2, 0.25) is 0 Å². The second kappa shape index (κ2) is 8.28. The standard InChI is InChI=1S/C13H23BrN2O4S/c1-5-15-8-11-7-12(13(14)20-11)21(17,18)16(6-2)10(3)9-19-4/h7,10,15H,5-6,8-9H2,1-4H3. The molecule has 0 radical (unpaired) electrons. The average Bonchev–Trinajstić information content (AvgIpc) is 2.79. The number of methoxy groups -OCH3 is 1. The molecule has 0 saturated carbocycles. The van der Waals surface area contributed by atoms with Crippen molar-refractivity contribution < 1.29 is 17.6 Å². The monoisotopic (exact) mass is 382 g/mol. The van der Waals surface area contributed by atoms with Crippen LogP contribution in [0.4, 0.5) is 0 Å². The lowest BCUT2D eigenvalue weighted by molar-refractivity contribution is 0.142. The van der Waals surface area contributed by atoms with Gasteiger partial charge in [-0.25, -0.2) is 8.42 Å². The van der Waals surface area contributed by atoms with Gasteiger partial charge in [-0.15, -0.1) is 0 Å². The van der Waals surface area contributed by atoms with Crippen LogP contribution >= 0.6 is 15.9 Å². The van der Waals surface area contributed by atoms with E-state index in [2.05, 4.69) is 21.2 Å². The van der Waals surface area contributed by atoms with Gasteiger partial charge in [-0.05, 0) is 29.4 Å². The molecule has 1 heterocycles. The zero-order valence-corrected chi connectivity index (χ0v) is 15.3. The number of hydrogen-bond donors (Lipinski definition) is 1. The maximum Gasteiger partial charge on any atom is 0.247 e. The molecule has 0 aromatic carbocycles. The Hall–Kier alpha value is -0.410. The first-order valence-corrected chi connectivity index (χ1v) is 9.11. The van der Waals surface area contributed by atoms with Crippen LogP contribution in [0.1, 0.15) is 26.5 Å². The molecule has 1 aromatic rings. The van der Waals surface area contributed by atoms with Crippen molar-refractivity contribution in [2.75, 3.05) is 26.8 Å². The third-order valence-electron chi connectivity index (χ3n) is 3.05. The summed E-state index contributed by atoms with van der Waals surface area (Å²) in [5.74, 6) is 0.581. The highest BCUT2D eigenvalue weighted by molar-refractivity contribution is 9.10. The summed E-state index contributed by atoms with van der Waals surface area (Å²) in [7, 11) is -2.07. The SMILES string of the molecule is CCNCc1cc(S(=O)(=O)N(CC)C(C)COC)c(Br)o1. The number of hydrogen-bond acceptors (Lipinski definition) is 5. The number of halogens is 1. The van der Waals surface area contributed by atoms with E-state index >= 15 is 0 Å². The average molecular weight is 383 g/mol. The molecule has 1 aromatic heterocycles. The van der Waals surface area contributed by atoms with Crippen molar-refractivity contribution >= 4 is 26.0 Å². The molecule has 6 nitrogen and oxygen atoms in total. The fourth-order valence-corrected chi connectivity index (χ4v) is 4.67. The van der Waals surface area contributed by atoms with E-state index in [9.17, 15) is 8.42 Å². The molecular weight excluding hydrogens is 360 g/mol. The van der Waals surface area contributed by atoms with Gasteiger partial charge in [0.2, 0.25) is 10.0 Å². The van der Waals surface area contributed by atoms with Gasteiger partial charge in [-0.2, -0.15) is 4.31 Å². The number of sulfonamides is 1. The first kappa shape index (κ1) is 18.6. The fourth-order valence-electron chi connectivity index (χ4n) is 2.08. The van der Waals surface area contributed by atoms with Crippen LogP contribution in [0.15, 0.2) is 20.0 Å². The molecule has 0 aliphatic carbocycles. The maximum absolute atomic E-state index is 12.7. The summed E-state index contributed by atoms with van der Waals surface area (Å²) in [6.07, 6.45) is 0. The zero-order valence-electron chi connectivity index (χ0n) is 12.8. The molecule has 0 aliphatic rings. The lowest BCUT2D eigenvalue weighted by Gasteiger charge is -2.26. The van der Waals surface area contributed by atoms with Gasteiger partial charge in [-0.1, -0.05) is 13.8 Å². The molecule has 1 N–H and O–H groups in total. The molecule has 0 amide bonds. The van der Waals surface area contributed by atoms with Crippen molar-refractivity contribution in [2.45, 2.75) is 38.3 Å². The normalized spacial score (nSPS) is 13.8. The number of ether oxygens (including phenoxy) is 1. The summed E-state index contributed by atoms with van der Waals surface area (Å²) in [5, 5.41) is 3.10. The van der Waals surface area contributed by atoms with Gasteiger partial charge in [0.15, 0.2) is 4.67 Å². The van der Waals surface area contributed by atoms with E-state index in [1.54, 1.807) is 20.1 Å². The van der Waals surface area contributed by atoms with Gasteiger partial charge >= 0.3 is 0 Å². The molecular formula is C13H23BrN2O4S. The second-order valence-electron chi connectivity index (χ2n) is 4.64. The summed E-state index contributed by atoms with van der Waals surface area (Å²) in [4.78, 5) is 0.153. The summed E-state index contributed by atoms with van der Waals surface area (Å²) >= 11 is 3.20. The van der Waals surface area contributed by atoms with Crippen LogP contribution in [0.5, 0.6) is 0 Å². The van der Waals surface area contributed by atoms with Crippen LogP contribution in [0.3, 0.4) is 0 Å². The van der Waals surface area contributed by atoms with Gasteiger partial charge in [0.25, 0.3) is 0 Å². The van der Waals surface area contributed by atoms with Gasteiger partial charge < -0.3 is 14.5 Å². The Morgan fingerprint density at radius 1 is 1.48 bits per heavy atom. The van der Waals surface area contributed by atoms with E-state index < -0.39 is 10.0 Å². The summed E-state index contributed by atoms with van der Waals surface area (Å²) in [5.41, 5.74) is 0. The van der Waals surface area contributed by atoms with Crippen molar-refractivity contribution in [1.29, 1.82) is 0 Å². The number of likely N-dealkylation sites (N-methyl/N-ethyl adjacent to an activating group) is 1. The van der Waals surface area contributed by atoms with Crippen LogP contribution in [0, 0.1) is 0 Å². The largest absolute Gasteiger partial charge is 0.452 e. The molecule has 0 spiro atoms. The highest BCUT2D eigenvalue weighted by atomic mass is 79.9. The van der Waals surface area contributed by atoms with E-state index in [4.69, 9.17) is 9.15 Å². The molecule has 0 bridgehead atoms. The highest BCUT2D eigenvalue weighted by Gasteiger charge is 2.31. The predicted molar refractivity (Wildman–Crippen MR) is 84.7 cm³/mol. The van der Waals surface area contributed by atoms with Gasteiger partial charge in [0, 0.05) is 25.8 Å². The smallest absolute Gasteiger partial charge is 0.247 e. The minimum absolute atomic E-state index is 0.153. The van der Waals surface area contributed by atoms with Gasteiger partial charge in [-0.3, -0.25) is 0 Å². The lowest BCUT2D eigenvalue weighted by Crippen LogP contribution is -2.40. The molecule has 1 atom stereocenters. The van der Waals surface area contributed by atoms with E-state index in [0.29, 0.717) is 25.5 Å². The van der Waals surface area contributed by atoms with Crippen molar-refractivity contribution in [3.63, 3.8) is 0 Å². The summed E-state index contributed by atoms with van der Waals surface area (Å²) in [6.45, 7) is 7.58. The second-order valence-corrected chi connectivity index (χ2v) is 7.22. The molecule has 8 heteroatoms. The van der Waals surface area contributed by atoms with Gasteiger partial charge in [0.1, 0.15) is 10.7 Å². The minimum Gasteiger partial charge on any atom is -0.452 e. The van der Waals surface area contributed by atoms with E-state index in [-0.39, 0.29) is 15.6 Å². The molecule has 0 saturated heterocycles. The molecule has 21 heavy (non-hydrogen) atoms. The van der Waals surface area contributed by atoms with Crippen molar-refractivity contribution in [3.8, 4) is 0 Å². The van der Waals surface area contributed by atoms with Crippen LogP contribution < -0.4 is 5.32 Å². The van der Waals surface area contributed by atoms with E-state index in [0.717, 1.165) is 6.54 Å². The van der Waals surface area contributed by atoms with E-state index in [1.165, 1.54) is 4.31 Å². The van der Waals surface area contributed by atoms with Crippen LogP contribution in [-0.4, -0.2) is 45.6 Å². The highest BCUT2D eigenvalue weighted by Crippen LogP contribution is 2.29. The fraction of sp³-hybridized carbons (Fsp3) is 0.692. The Morgan fingerprint density at radius 2 is 2.14 bits per heavy atom.